The van der Waals surface area contributed by atoms with E-state index in [1.54, 1.807) is 0 Å². The first-order valence-corrected chi connectivity index (χ1v) is 5.97. The van der Waals surface area contributed by atoms with Crippen LogP contribution in [0, 0.1) is 5.41 Å². The quantitative estimate of drug-likeness (QED) is 0.781. The molecule has 1 rings (SSSR count). The van der Waals surface area contributed by atoms with Gasteiger partial charge in [0.25, 0.3) is 0 Å². The van der Waals surface area contributed by atoms with Crippen molar-refractivity contribution in [2.75, 3.05) is 19.0 Å². The van der Waals surface area contributed by atoms with E-state index in [1.807, 2.05) is 11.8 Å². The summed E-state index contributed by atoms with van der Waals surface area (Å²) in [6, 6.07) is -0.00954. The van der Waals surface area contributed by atoms with Crippen molar-refractivity contribution in [2.24, 2.45) is 0 Å². The lowest BCUT2D eigenvalue weighted by atomic mass is 10.3. The van der Waals surface area contributed by atoms with E-state index in [4.69, 9.17) is 5.41 Å². The van der Waals surface area contributed by atoms with Crippen LogP contribution in [-0.4, -0.2) is 40.0 Å². The molecule has 1 fully saturated rings. The zero-order chi connectivity index (χ0) is 10.6. The van der Waals surface area contributed by atoms with E-state index in [9.17, 15) is 4.79 Å². The number of amides is 2. The van der Waals surface area contributed by atoms with E-state index in [1.165, 1.54) is 16.7 Å². The van der Waals surface area contributed by atoms with Crippen LogP contribution in [0.5, 0.6) is 0 Å². The summed E-state index contributed by atoms with van der Waals surface area (Å²) in [4.78, 5) is 15.1. The molecule has 0 aromatic heterocycles. The summed E-state index contributed by atoms with van der Waals surface area (Å²) in [5, 5.41) is 7.96. The van der Waals surface area contributed by atoms with Gasteiger partial charge >= 0.3 is 6.03 Å². The van der Waals surface area contributed by atoms with Crippen LogP contribution in [0.4, 0.5) is 4.79 Å². The summed E-state index contributed by atoms with van der Waals surface area (Å²) in [7, 11) is 0. The fourth-order valence-corrected chi connectivity index (χ4v) is 2.20. The van der Waals surface area contributed by atoms with Crippen molar-refractivity contribution in [3.8, 4) is 0 Å². The van der Waals surface area contributed by atoms with Gasteiger partial charge in [0.05, 0.1) is 5.88 Å². The number of carbonyl (C=O) groups is 1. The van der Waals surface area contributed by atoms with Gasteiger partial charge in [-0.2, -0.15) is 0 Å². The zero-order valence-electron chi connectivity index (χ0n) is 8.75. The second-order valence-corrected chi connectivity index (χ2v) is 4.16. The van der Waals surface area contributed by atoms with Crippen molar-refractivity contribution in [3.63, 3.8) is 0 Å². The van der Waals surface area contributed by atoms with Crippen molar-refractivity contribution in [1.29, 1.82) is 5.41 Å². The Morgan fingerprint density at radius 3 is 2.79 bits per heavy atom. The molecule has 0 aliphatic carbocycles. The number of hydrogen-bond donors (Lipinski definition) is 1. The molecule has 0 spiro atoms. The normalized spacial score (nSPS) is 17.9. The van der Waals surface area contributed by atoms with Crippen LogP contribution in [0.15, 0.2) is 0 Å². The topological polar surface area (TPSA) is 47.4 Å². The molecule has 0 radical (unpaired) electrons. The molecule has 0 unspecified atom stereocenters. The Labute approximate surface area is 89.1 Å². The maximum absolute atomic E-state index is 11.8. The summed E-state index contributed by atoms with van der Waals surface area (Å²) in [5.74, 6) is 0.633. The first-order valence-electron chi connectivity index (χ1n) is 4.98. The molecule has 0 bridgehead atoms. The highest BCUT2D eigenvalue weighted by atomic mass is 32.2. The third-order valence-electron chi connectivity index (χ3n) is 2.20. The van der Waals surface area contributed by atoms with Crippen molar-refractivity contribution < 1.29 is 4.79 Å². The van der Waals surface area contributed by atoms with E-state index in [0.717, 1.165) is 19.4 Å². The second-order valence-electron chi connectivity index (χ2n) is 3.22. The Kier molecular flexibility index (Phi) is 4.25. The van der Waals surface area contributed by atoms with Crippen LogP contribution in [-0.2, 0) is 0 Å². The van der Waals surface area contributed by atoms with Crippen molar-refractivity contribution >= 4 is 23.0 Å². The minimum absolute atomic E-state index is 0.00954. The Morgan fingerprint density at radius 2 is 2.21 bits per heavy atom. The second kappa shape index (κ2) is 5.24. The average molecular weight is 215 g/mol. The number of amidine groups is 1. The Morgan fingerprint density at radius 1 is 1.50 bits per heavy atom. The third kappa shape index (κ3) is 2.41. The summed E-state index contributed by atoms with van der Waals surface area (Å²) in [6.45, 7) is 5.41. The SMILES string of the molecule is CCCCN1CSC(=N)N(CC)C1=O. The molecule has 1 N–H and O–H groups in total. The van der Waals surface area contributed by atoms with E-state index < -0.39 is 0 Å². The van der Waals surface area contributed by atoms with Crippen LogP contribution in [0.25, 0.3) is 0 Å². The lowest BCUT2D eigenvalue weighted by Gasteiger charge is -2.34. The van der Waals surface area contributed by atoms with E-state index in [2.05, 4.69) is 6.92 Å². The monoisotopic (exact) mass is 215 g/mol. The molecule has 1 heterocycles. The number of carbonyl (C=O) groups excluding carboxylic acids is 1. The molecular weight excluding hydrogens is 198 g/mol. The van der Waals surface area contributed by atoms with Crippen LogP contribution < -0.4 is 0 Å². The molecule has 1 aliphatic rings. The molecule has 0 aromatic rings. The minimum atomic E-state index is -0.00954. The first-order chi connectivity index (χ1) is 6.70. The largest absolute Gasteiger partial charge is 0.326 e. The molecular formula is C9H17N3OS. The number of urea groups is 1. The van der Waals surface area contributed by atoms with Gasteiger partial charge in [0.1, 0.15) is 0 Å². The Bertz CT molecular complexity index is 232. The van der Waals surface area contributed by atoms with E-state index in [-0.39, 0.29) is 6.03 Å². The van der Waals surface area contributed by atoms with Crippen molar-refractivity contribution in [3.05, 3.63) is 0 Å². The van der Waals surface area contributed by atoms with Gasteiger partial charge < -0.3 is 4.90 Å². The van der Waals surface area contributed by atoms with Gasteiger partial charge in [0.2, 0.25) is 0 Å². The maximum Gasteiger partial charge on any atom is 0.326 e. The van der Waals surface area contributed by atoms with Crippen molar-refractivity contribution in [2.45, 2.75) is 26.7 Å². The predicted molar refractivity (Wildman–Crippen MR) is 59.6 cm³/mol. The van der Waals surface area contributed by atoms with Gasteiger partial charge in [-0.3, -0.25) is 10.3 Å². The summed E-state index contributed by atoms with van der Waals surface area (Å²) in [6.07, 6.45) is 2.13. The standard InChI is InChI=1S/C9H17N3OS/c1-3-5-6-11-7-14-8(10)12(4-2)9(11)13/h10H,3-7H2,1-2H3. The Hall–Kier alpha value is -0.710. The molecule has 0 saturated carbocycles. The molecule has 4 nitrogen and oxygen atoms in total. The number of hydrogen-bond acceptors (Lipinski definition) is 3. The lowest BCUT2D eigenvalue weighted by molar-refractivity contribution is 0.183. The molecule has 1 aliphatic heterocycles. The van der Waals surface area contributed by atoms with Gasteiger partial charge in [0.15, 0.2) is 5.17 Å². The fraction of sp³-hybridized carbons (Fsp3) is 0.778. The van der Waals surface area contributed by atoms with Crippen LogP contribution >= 0.6 is 11.8 Å². The molecule has 0 aromatic carbocycles. The maximum atomic E-state index is 11.8. The predicted octanol–water partition coefficient (Wildman–Crippen LogP) is 2.17. The number of thioether (sulfide) groups is 1. The minimum Gasteiger partial charge on any atom is -0.315 e. The fourth-order valence-electron chi connectivity index (χ4n) is 1.32. The zero-order valence-corrected chi connectivity index (χ0v) is 9.56. The van der Waals surface area contributed by atoms with Crippen molar-refractivity contribution in [1.82, 2.24) is 9.80 Å². The summed E-state index contributed by atoms with van der Waals surface area (Å²) >= 11 is 1.43. The van der Waals surface area contributed by atoms with E-state index in [0.29, 0.717) is 17.6 Å². The number of nitrogens with zero attached hydrogens (tertiary/aromatic N) is 2. The van der Waals surface area contributed by atoms with Gasteiger partial charge in [-0.15, -0.1) is 0 Å². The Balaban J connectivity index is 2.55. The van der Waals surface area contributed by atoms with Gasteiger partial charge in [-0.1, -0.05) is 25.1 Å². The lowest BCUT2D eigenvalue weighted by Crippen LogP contribution is -2.49. The van der Waals surface area contributed by atoms with E-state index >= 15 is 0 Å². The molecule has 80 valence electrons. The van der Waals surface area contributed by atoms with Gasteiger partial charge in [0, 0.05) is 13.1 Å². The highest BCUT2D eigenvalue weighted by molar-refractivity contribution is 8.13. The van der Waals surface area contributed by atoms with Crippen LogP contribution in [0.1, 0.15) is 26.7 Å². The van der Waals surface area contributed by atoms with Gasteiger partial charge in [-0.25, -0.2) is 4.79 Å². The molecule has 1 saturated heterocycles. The molecule has 5 heteroatoms. The number of unbranched alkanes of at least 4 members (excludes halogenated alkanes) is 1. The van der Waals surface area contributed by atoms with Crippen LogP contribution in [0.3, 0.4) is 0 Å². The molecule has 2 amide bonds. The third-order valence-corrected chi connectivity index (χ3v) is 3.14. The molecule has 0 atom stereocenters. The highest BCUT2D eigenvalue weighted by Crippen LogP contribution is 2.19. The van der Waals surface area contributed by atoms with Gasteiger partial charge in [-0.05, 0) is 13.3 Å². The van der Waals surface area contributed by atoms with Crippen LogP contribution in [0.2, 0.25) is 0 Å². The smallest absolute Gasteiger partial charge is 0.315 e. The number of rotatable bonds is 4. The first kappa shape index (κ1) is 11.4. The average Bonchev–Trinajstić information content (AvgIpc) is 2.18. The highest BCUT2D eigenvalue weighted by Gasteiger charge is 2.28. The summed E-state index contributed by atoms with van der Waals surface area (Å²) in [5.41, 5.74) is 0. The summed E-state index contributed by atoms with van der Waals surface area (Å²) < 4.78 is 0. The molecule has 14 heavy (non-hydrogen) atoms. The number of nitrogens with one attached hydrogen (secondary N) is 1.